The average molecular weight is 445 g/mol. The van der Waals surface area contributed by atoms with Crippen LogP contribution < -0.4 is 15.4 Å². The molecule has 0 fully saturated rings. The Hall–Kier alpha value is -3.75. The molecule has 9 heteroatoms. The number of alkyl halides is 3. The van der Waals surface area contributed by atoms with Gasteiger partial charge >= 0.3 is 6.18 Å². The molecule has 2 N–H and O–H groups in total. The Morgan fingerprint density at radius 2 is 1.69 bits per heavy atom. The van der Waals surface area contributed by atoms with Crippen LogP contribution >= 0.6 is 0 Å². The van der Waals surface area contributed by atoms with E-state index in [0.717, 1.165) is 11.4 Å². The zero-order valence-electron chi connectivity index (χ0n) is 17.7. The molecule has 0 aliphatic carbocycles. The summed E-state index contributed by atoms with van der Waals surface area (Å²) in [5, 5.41) is 4.51. The van der Waals surface area contributed by atoms with Gasteiger partial charge in [-0.2, -0.15) is 13.2 Å². The van der Waals surface area contributed by atoms with Crippen molar-refractivity contribution >= 4 is 17.5 Å². The number of aryl methyl sites for hydroxylation is 1. The first-order chi connectivity index (χ1) is 15.1. The van der Waals surface area contributed by atoms with E-state index in [9.17, 15) is 22.8 Å². The first kappa shape index (κ1) is 22.9. The van der Waals surface area contributed by atoms with Crippen LogP contribution in [0.2, 0.25) is 0 Å². The molecule has 168 valence electrons. The van der Waals surface area contributed by atoms with E-state index >= 15 is 0 Å². The van der Waals surface area contributed by atoms with Crippen molar-refractivity contribution in [2.45, 2.75) is 20.0 Å². The van der Waals surface area contributed by atoms with E-state index in [-0.39, 0.29) is 5.56 Å². The number of amides is 2. The highest BCUT2D eigenvalue weighted by Gasteiger charge is 2.28. The van der Waals surface area contributed by atoms with E-state index in [0.29, 0.717) is 22.7 Å². The number of benzene rings is 2. The number of halogens is 3. The maximum absolute atomic E-state index is 12.9. The monoisotopic (exact) mass is 445 g/mol. The quantitative estimate of drug-likeness (QED) is 0.580. The van der Waals surface area contributed by atoms with Crippen LogP contribution in [0.5, 0.6) is 5.75 Å². The molecule has 1 heterocycles. The van der Waals surface area contributed by atoms with E-state index in [2.05, 4.69) is 5.32 Å². The first-order valence-electron chi connectivity index (χ1n) is 9.69. The molecule has 1 aromatic heterocycles. The predicted octanol–water partition coefficient (Wildman–Crippen LogP) is 4.65. The summed E-state index contributed by atoms with van der Waals surface area (Å²) in [5.74, 6) is -0.560. The molecule has 0 saturated carbocycles. The van der Waals surface area contributed by atoms with Gasteiger partial charge in [0.2, 0.25) is 0 Å². The van der Waals surface area contributed by atoms with Gasteiger partial charge in [0.1, 0.15) is 12.3 Å². The molecule has 0 saturated heterocycles. The van der Waals surface area contributed by atoms with Crippen molar-refractivity contribution in [3.8, 4) is 11.4 Å². The van der Waals surface area contributed by atoms with Gasteiger partial charge in [0.15, 0.2) is 0 Å². The maximum Gasteiger partial charge on any atom is 0.405 e. The van der Waals surface area contributed by atoms with Crippen molar-refractivity contribution in [2.75, 3.05) is 19.0 Å². The van der Waals surface area contributed by atoms with Gasteiger partial charge in [0.05, 0.1) is 12.7 Å². The molecule has 0 aliphatic heterocycles. The fourth-order valence-corrected chi connectivity index (χ4v) is 3.34. The van der Waals surface area contributed by atoms with Crippen LogP contribution in [0.4, 0.5) is 18.9 Å². The molecule has 0 radical (unpaired) electrons. The normalized spacial score (nSPS) is 11.2. The van der Waals surface area contributed by atoms with E-state index in [1.54, 1.807) is 19.2 Å². The van der Waals surface area contributed by atoms with E-state index in [1.807, 2.05) is 48.0 Å². The summed E-state index contributed by atoms with van der Waals surface area (Å²) in [6, 6.07) is 14.9. The van der Waals surface area contributed by atoms with Gasteiger partial charge in [-0.15, -0.1) is 0 Å². The smallest absolute Gasteiger partial charge is 0.405 e. The summed E-state index contributed by atoms with van der Waals surface area (Å²) in [6.45, 7) is 2.26. The highest BCUT2D eigenvalue weighted by atomic mass is 19.4. The lowest BCUT2D eigenvalue weighted by Gasteiger charge is -2.11. The summed E-state index contributed by atoms with van der Waals surface area (Å²) in [4.78, 5) is 24.8. The SMILES string of the molecule is COc1ccc(-n2c(C)cc(C(=O)Nc3cccc(C(=O)NCC(F)(F)F)c3)c2C)cc1. The third-order valence-corrected chi connectivity index (χ3v) is 4.84. The van der Waals surface area contributed by atoms with Crippen LogP contribution in [0, 0.1) is 13.8 Å². The number of hydrogen-bond acceptors (Lipinski definition) is 3. The number of nitrogens with one attached hydrogen (secondary N) is 2. The van der Waals surface area contributed by atoms with Gasteiger partial charge < -0.3 is 19.9 Å². The predicted molar refractivity (Wildman–Crippen MR) is 115 cm³/mol. The van der Waals surface area contributed by atoms with Crippen LogP contribution in [-0.2, 0) is 0 Å². The van der Waals surface area contributed by atoms with Crippen LogP contribution in [0.25, 0.3) is 5.69 Å². The Bertz CT molecular complexity index is 1140. The molecule has 3 aromatic rings. The Morgan fingerprint density at radius 3 is 2.31 bits per heavy atom. The third kappa shape index (κ3) is 5.29. The van der Waals surface area contributed by atoms with Crippen molar-refractivity contribution in [3.05, 3.63) is 77.1 Å². The van der Waals surface area contributed by atoms with E-state index in [4.69, 9.17) is 4.74 Å². The van der Waals surface area contributed by atoms with Crippen molar-refractivity contribution in [1.29, 1.82) is 0 Å². The average Bonchev–Trinajstić information content (AvgIpc) is 3.05. The van der Waals surface area contributed by atoms with Crippen LogP contribution in [0.15, 0.2) is 54.6 Å². The second-order valence-corrected chi connectivity index (χ2v) is 7.15. The molecule has 2 aromatic carbocycles. The molecular formula is C23H22F3N3O3. The van der Waals surface area contributed by atoms with Gasteiger partial charge in [-0.1, -0.05) is 6.07 Å². The van der Waals surface area contributed by atoms with E-state index < -0.39 is 24.5 Å². The lowest BCUT2D eigenvalue weighted by atomic mass is 10.1. The number of carbonyl (C=O) groups excluding carboxylic acids is 2. The van der Waals surface area contributed by atoms with Crippen molar-refractivity contribution in [1.82, 2.24) is 9.88 Å². The molecule has 6 nitrogen and oxygen atoms in total. The second kappa shape index (κ2) is 9.17. The molecule has 32 heavy (non-hydrogen) atoms. The lowest BCUT2D eigenvalue weighted by Crippen LogP contribution is -2.33. The number of carbonyl (C=O) groups is 2. The number of aromatic nitrogens is 1. The minimum atomic E-state index is -4.51. The van der Waals surface area contributed by atoms with Crippen LogP contribution in [0.1, 0.15) is 32.1 Å². The van der Waals surface area contributed by atoms with E-state index in [1.165, 1.54) is 18.2 Å². The number of ether oxygens (including phenoxy) is 1. The summed E-state index contributed by atoms with van der Waals surface area (Å²) >= 11 is 0. The molecule has 0 atom stereocenters. The van der Waals surface area contributed by atoms with Crippen molar-refractivity contribution < 1.29 is 27.5 Å². The molecule has 0 spiro atoms. The summed E-state index contributed by atoms with van der Waals surface area (Å²) in [5.41, 5.74) is 3.16. The number of anilines is 1. The minimum absolute atomic E-state index is 0.00996. The minimum Gasteiger partial charge on any atom is -0.497 e. The largest absolute Gasteiger partial charge is 0.497 e. The Balaban J connectivity index is 1.78. The van der Waals surface area contributed by atoms with Gasteiger partial charge in [-0.25, -0.2) is 0 Å². The van der Waals surface area contributed by atoms with Crippen molar-refractivity contribution in [2.24, 2.45) is 0 Å². The first-order valence-corrected chi connectivity index (χ1v) is 9.69. The fraction of sp³-hybridized carbons (Fsp3) is 0.217. The summed E-state index contributed by atoms with van der Waals surface area (Å²) in [6.07, 6.45) is -4.51. The summed E-state index contributed by atoms with van der Waals surface area (Å²) < 4.78 is 44.1. The van der Waals surface area contributed by atoms with Crippen LogP contribution in [-0.4, -0.2) is 36.2 Å². The molecular weight excluding hydrogens is 423 g/mol. The molecule has 2 amide bonds. The fourth-order valence-electron chi connectivity index (χ4n) is 3.34. The Labute approximate surface area is 183 Å². The molecule has 0 bridgehead atoms. The molecule has 0 unspecified atom stereocenters. The van der Waals surface area contributed by atoms with Gasteiger partial charge in [-0.3, -0.25) is 9.59 Å². The number of hydrogen-bond donors (Lipinski definition) is 2. The molecule has 0 aliphatic rings. The topological polar surface area (TPSA) is 72.4 Å². The van der Waals surface area contributed by atoms with Crippen molar-refractivity contribution in [3.63, 3.8) is 0 Å². The zero-order valence-corrected chi connectivity index (χ0v) is 17.7. The summed E-state index contributed by atoms with van der Waals surface area (Å²) in [7, 11) is 1.58. The van der Waals surface area contributed by atoms with Crippen LogP contribution in [0.3, 0.4) is 0 Å². The lowest BCUT2D eigenvalue weighted by molar-refractivity contribution is -0.123. The zero-order chi connectivity index (χ0) is 23.5. The number of methoxy groups -OCH3 is 1. The highest BCUT2D eigenvalue weighted by molar-refractivity contribution is 6.06. The third-order valence-electron chi connectivity index (χ3n) is 4.84. The Kier molecular flexibility index (Phi) is 6.57. The number of rotatable bonds is 6. The standard InChI is InChI=1S/C23H22F3N3O3/c1-14-11-20(15(2)29(14)18-7-9-19(32-3)10-8-18)22(31)28-17-6-4-5-16(12-17)21(30)27-13-23(24,25)26/h4-12H,13H2,1-3H3,(H,27,30)(H,28,31). The second-order valence-electron chi connectivity index (χ2n) is 7.15. The number of nitrogens with zero attached hydrogens (tertiary/aromatic N) is 1. The molecule has 3 rings (SSSR count). The van der Waals surface area contributed by atoms with Gasteiger partial charge in [-0.05, 0) is 62.4 Å². The Morgan fingerprint density at radius 1 is 1.00 bits per heavy atom. The highest BCUT2D eigenvalue weighted by Crippen LogP contribution is 2.24. The maximum atomic E-state index is 12.9. The van der Waals surface area contributed by atoms with Gasteiger partial charge in [0, 0.05) is 28.3 Å². The van der Waals surface area contributed by atoms with Gasteiger partial charge in [0.25, 0.3) is 11.8 Å².